The summed E-state index contributed by atoms with van der Waals surface area (Å²) in [6, 6.07) is 11.4. The predicted octanol–water partition coefficient (Wildman–Crippen LogP) is 5.21. The molecule has 2 aliphatic rings. The number of benzene rings is 2. The maximum absolute atomic E-state index is 14.4. The Bertz CT molecular complexity index is 1420. The van der Waals surface area contributed by atoms with Crippen LogP contribution >= 0.6 is 0 Å². The number of aliphatic imine (C=N–C) groups is 1. The summed E-state index contributed by atoms with van der Waals surface area (Å²) >= 11 is 0. The highest BCUT2D eigenvalue weighted by molar-refractivity contribution is 5.96. The molecular formula is C32H43FN6O2. The molecule has 2 N–H and O–H groups in total. The van der Waals surface area contributed by atoms with Gasteiger partial charge in [-0.1, -0.05) is 25.3 Å². The van der Waals surface area contributed by atoms with Gasteiger partial charge in [-0.25, -0.2) is 14.4 Å². The van der Waals surface area contributed by atoms with E-state index in [0.717, 1.165) is 24.7 Å². The van der Waals surface area contributed by atoms with E-state index >= 15 is 0 Å². The Hall–Kier alpha value is -3.46. The van der Waals surface area contributed by atoms with Gasteiger partial charge < -0.3 is 20.3 Å². The molecule has 3 aromatic rings. The molecule has 1 unspecified atom stereocenters. The number of nitrogens with zero attached hydrogens (tertiary/aromatic N) is 4. The quantitative estimate of drug-likeness (QED) is 0.304. The summed E-state index contributed by atoms with van der Waals surface area (Å²) < 4.78 is 21.0. The first-order valence-electron chi connectivity index (χ1n) is 15.0. The molecule has 3 atom stereocenters. The molecule has 8 nitrogen and oxygen atoms in total. The van der Waals surface area contributed by atoms with E-state index in [4.69, 9.17) is 9.73 Å². The number of rotatable bonds is 7. The normalized spacial score (nSPS) is 21.2. The number of hydrogen-bond acceptors (Lipinski definition) is 5. The van der Waals surface area contributed by atoms with Gasteiger partial charge in [0, 0.05) is 43.5 Å². The van der Waals surface area contributed by atoms with Crippen LogP contribution < -0.4 is 20.9 Å². The lowest BCUT2D eigenvalue weighted by Crippen LogP contribution is -2.57. The van der Waals surface area contributed by atoms with Crippen LogP contribution in [0, 0.1) is 11.7 Å². The molecule has 0 amide bonds. The Morgan fingerprint density at radius 3 is 2.61 bits per heavy atom. The minimum atomic E-state index is -0.342. The second-order valence-electron chi connectivity index (χ2n) is 11.8. The largest absolute Gasteiger partial charge is 0.497 e. The van der Waals surface area contributed by atoms with E-state index in [9.17, 15) is 9.18 Å². The Kier molecular flexibility index (Phi) is 9.22. The van der Waals surface area contributed by atoms with E-state index in [1.165, 1.54) is 45.3 Å². The highest BCUT2D eigenvalue weighted by Gasteiger charge is 2.26. The molecular weight excluding hydrogens is 519 g/mol. The van der Waals surface area contributed by atoms with Crippen molar-refractivity contribution >= 4 is 22.5 Å². The number of guanidine groups is 1. The Morgan fingerprint density at radius 1 is 1.15 bits per heavy atom. The van der Waals surface area contributed by atoms with Crippen molar-refractivity contribution in [3.05, 3.63) is 64.5 Å². The lowest BCUT2D eigenvalue weighted by atomic mass is 9.85. The SMILES string of the molecule is COc1ccc(CCn2cnc3cc(N/C(=N/C(C)C4CCCCC4)N4C[C@@H](C)N[C@@H](C)C4)ccc3c2=O)c(F)c1. The molecule has 0 bridgehead atoms. The minimum Gasteiger partial charge on any atom is -0.497 e. The van der Waals surface area contributed by atoms with E-state index in [-0.39, 0.29) is 17.4 Å². The Labute approximate surface area is 242 Å². The summed E-state index contributed by atoms with van der Waals surface area (Å²) in [5, 5.41) is 7.74. The van der Waals surface area contributed by atoms with Gasteiger partial charge >= 0.3 is 0 Å². The predicted molar refractivity (Wildman–Crippen MR) is 163 cm³/mol. The summed E-state index contributed by atoms with van der Waals surface area (Å²) in [7, 11) is 1.51. The number of anilines is 1. The summed E-state index contributed by atoms with van der Waals surface area (Å²) in [5.41, 5.74) is 1.87. The van der Waals surface area contributed by atoms with Gasteiger partial charge in [0.25, 0.3) is 5.56 Å². The van der Waals surface area contributed by atoms with Crippen LogP contribution in [0.1, 0.15) is 58.4 Å². The zero-order chi connectivity index (χ0) is 28.9. The Balaban J connectivity index is 1.36. The first-order chi connectivity index (χ1) is 19.8. The van der Waals surface area contributed by atoms with Crippen molar-refractivity contribution < 1.29 is 9.13 Å². The summed E-state index contributed by atoms with van der Waals surface area (Å²) in [6.07, 6.45) is 8.32. The molecule has 0 spiro atoms. The fourth-order valence-corrected chi connectivity index (χ4v) is 6.23. The van der Waals surface area contributed by atoms with Crippen molar-refractivity contribution in [2.45, 2.75) is 84.0 Å². The number of halogens is 1. The zero-order valence-electron chi connectivity index (χ0n) is 24.7. The molecule has 1 saturated carbocycles. The molecule has 1 aromatic heterocycles. The van der Waals surface area contributed by atoms with Crippen LogP contribution in [0.3, 0.4) is 0 Å². The topological polar surface area (TPSA) is 83.8 Å². The fourth-order valence-electron chi connectivity index (χ4n) is 6.23. The molecule has 5 rings (SSSR count). The fraction of sp³-hybridized carbons (Fsp3) is 0.531. The van der Waals surface area contributed by atoms with Crippen LogP contribution in [0.15, 0.2) is 52.5 Å². The molecule has 1 aliphatic heterocycles. The lowest BCUT2D eigenvalue weighted by Gasteiger charge is -2.39. The van der Waals surface area contributed by atoms with Gasteiger partial charge in [0.1, 0.15) is 11.6 Å². The molecule has 41 heavy (non-hydrogen) atoms. The number of aryl methyl sites for hydroxylation is 2. The summed E-state index contributed by atoms with van der Waals surface area (Å²) in [5.74, 6) is 1.63. The van der Waals surface area contributed by atoms with Crippen molar-refractivity contribution in [3.63, 3.8) is 0 Å². The zero-order valence-corrected chi connectivity index (χ0v) is 24.7. The van der Waals surface area contributed by atoms with Crippen LogP contribution in [0.25, 0.3) is 10.9 Å². The van der Waals surface area contributed by atoms with Gasteiger partial charge in [0.15, 0.2) is 5.96 Å². The van der Waals surface area contributed by atoms with Crippen LogP contribution in [0.2, 0.25) is 0 Å². The van der Waals surface area contributed by atoms with Crippen LogP contribution in [0.4, 0.5) is 10.1 Å². The average molecular weight is 563 g/mol. The minimum absolute atomic E-state index is 0.139. The van der Waals surface area contributed by atoms with Gasteiger partial charge in [-0.3, -0.25) is 9.36 Å². The lowest BCUT2D eigenvalue weighted by molar-refractivity contribution is 0.251. The molecule has 0 radical (unpaired) electrons. The number of methoxy groups -OCH3 is 1. The standard InChI is InChI=1S/C32H43FN6O2/c1-21-18-39(19-22(2)35-21)32(36-23(3)24-8-6-5-7-9-24)37-26-11-13-28-30(16-26)34-20-38(31(28)40)15-14-25-10-12-27(41-4)17-29(25)33/h10-13,16-17,20-24,35H,5-9,14-15,18-19H2,1-4H3,(H,36,37)/t21-,22+,23?. The number of aromatic nitrogens is 2. The Morgan fingerprint density at radius 2 is 1.90 bits per heavy atom. The highest BCUT2D eigenvalue weighted by Crippen LogP contribution is 2.28. The molecule has 1 aliphatic carbocycles. The van der Waals surface area contributed by atoms with Gasteiger partial charge in [-0.15, -0.1) is 0 Å². The molecule has 2 aromatic carbocycles. The third kappa shape index (κ3) is 7.07. The second kappa shape index (κ2) is 13.0. The number of nitrogens with one attached hydrogen (secondary N) is 2. The molecule has 1 saturated heterocycles. The van der Waals surface area contributed by atoms with Gasteiger partial charge in [-0.2, -0.15) is 0 Å². The van der Waals surface area contributed by atoms with Crippen molar-refractivity contribution in [3.8, 4) is 5.75 Å². The first kappa shape index (κ1) is 29.0. The van der Waals surface area contributed by atoms with Crippen molar-refractivity contribution in [1.29, 1.82) is 0 Å². The number of ether oxygens (including phenoxy) is 1. The van der Waals surface area contributed by atoms with Gasteiger partial charge in [0.2, 0.25) is 0 Å². The third-order valence-corrected chi connectivity index (χ3v) is 8.48. The number of piperazine rings is 1. The smallest absolute Gasteiger partial charge is 0.261 e. The van der Waals surface area contributed by atoms with E-state index in [2.05, 4.69) is 41.3 Å². The van der Waals surface area contributed by atoms with Crippen molar-refractivity contribution in [2.24, 2.45) is 10.9 Å². The van der Waals surface area contributed by atoms with Crippen molar-refractivity contribution in [1.82, 2.24) is 19.8 Å². The van der Waals surface area contributed by atoms with Crippen molar-refractivity contribution in [2.75, 3.05) is 25.5 Å². The van der Waals surface area contributed by atoms with E-state index in [1.807, 2.05) is 18.2 Å². The number of fused-ring (bicyclic) bond motifs is 1. The number of hydrogen-bond donors (Lipinski definition) is 2. The third-order valence-electron chi connectivity index (χ3n) is 8.48. The van der Waals surface area contributed by atoms with E-state index in [0.29, 0.717) is 53.2 Å². The monoisotopic (exact) mass is 562 g/mol. The maximum atomic E-state index is 14.4. The molecule has 9 heteroatoms. The van der Waals surface area contributed by atoms with Crippen LogP contribution in [-0.2, 0) is 13.0 Å². The summed E-state index contributed by atoms with van der Waals surface area (Å²) in [6.45, 7) is 8.74. The highest BCUT2D eigenvalue weighted by atomic mass is 19.1. The van der Waals surface area contributed by atoms with E-state index < -0.39 is 0 Å². The average Bonchev–Trinajstić information content (AvgIpc) is 2.97. The van der Waals surface area contributed by atoms with Crippen LogP contribution in [0.5, 0.6) is 5.75 Å². The van der Waals surface area contributed by atoms with Crippen LogP contribution in [-0.4, -0.2) is 58.7 Å². The first-order valence-corrected chi connectivity index (χ1v) is 15.0. The summed E-state index contributed by atoms with van der Waals surface area (Å²) in [4.78, 5) is 25.4. The maximum Gasteiger partial charge on any atom is 0.261 e. The van der Waals surface area contributed by atoms with Gasteiger partial charge in [0.05, 0.1) is 30.4 Å². The second-order valence-corrected chi connectivity index (χ2v) is 11.8. The van der Waals surface area contributed by atoms with Gasteiger partial charge in [-0.05, 0) is 75.8 Å². The molecule has 2 fully saturated rings. The molecule has 2 heterocycles. The van der Waals surface area contributed by atoms with E-state index in [1.54, 1.807) is 23.0 Å². The molecule has 220 valence electrons.